The number of rotatable bonds is 4. The zero-order chi connectivity index (χ0) is 18.6. The smallest absolute Gasteiger partial charge is 0.363 e. The van der Waals surface area contributed by atoms with Crippen LogP contribution in [0.2, 0.25) is 0 Å². The van der Waals surface area contributed by atoms with Crippen molar-refractivity contribution in [2.24, 2.45) is 0 Å². The van der Waals surface area contributed by atoms with Gasteiger partial charge in [0, 0.05) is 16.3 Å². The molecule has 2 aromatic carbocycles. The van der Waals surface area contributed by atoms with Gasteiger partial charge in [-0.05, 0) is 46.8 Å². The number of carbonyl (C=O) groups is 1. The van der Waals surface area contributed by atoms with Crippen LogP contribution in [-0.2, 0) is 0 Å². The van der Waals surface area contributed by atoms with Gasteiger partial charge in [-0.2, -0.15) is 16.6 Å². The molecule has 130 valence electrons. The number of thiophene rings is 1. The summed E-state index contributed by atoms with van der Waals surface area (Å²) in [6.45, 7) is 0. The Bertz CT molecular complexity index is 1110. The van der Waals surface area contributed by atoms with E-state index in [4.69, 9.17) is 10.00 Å². The van der Waals surface area contributed by atoms with Gasteiger partial charge in [-0.25, -0.2) is 9.78 Å². The van der Waals surface area contributed by atoms with Gasteiger partial charge >= 0.3 is 5.97 Å². The number of carbonyl (C=O) groups excluding carboxylic acids is 1. The summed E-state index contributed by atoms with van der Waals surface area (Å²) in [5, 5.41) is 15.4. The average molecular weight is 388 g/mol. The molecule has 27 heavy (non-hydrogen) atoms. The molecule has 4 nitrogen and oxygen atoms in total. The predicted octanol–water partition coefficient (Wildman–Crippen LogP) is 5.63. The van der Waals surface area contributed by atoms with Crippen LogP contribution < -0.4 is 4.74 Å². The van der Waals surface area contributed by atoms with Crippen molar-refractivity contribution in [2.45, 2.75) is 0 Å². The number of ether oxygens (including phenoxy) is 1. The van der Waals surface area contributed by atoms with Crippen molar-refractivity contribution >= 4 is 28.6 Å². The van der Waals surface area contributed by atoms with Crippen molar-refractivity contribution in [1.82, 2.24) is 4.98 Å². The first-order valence-corrected chi connectivity index (χ1v) is 9.86. The minimum atomic E-state index is -0.473. The second-order valence-electron chi connectivity index (χ2n) is 5.65. The molecule has 0 atom stereocenters. The summed E-state index contributed by atoms with van der Waals surface area (Å²) in [7, 11) is 0. The van der Waals surface area contributed by atoms with Crippen LogP contribution in [0.1, 0.15) is 16.1 Å². The fourth-order valence-electron chi connectivity index (χ4n) is 2.50. The summed E-state index contributed by atoms with van der Waals surface area (Å²) in [6.07, 6.45) is 0. The van der Waals surface area contributed by atoms with Crippen LogP contribution >= 0.6 is 22.7 Å². The second-order valence-corrected chi connectivity index (χ2v) is 7.29. The first-order valence-electron chi connectivity index (χ1n) is 8.04. The normalized spacial score (nSPS) is 10.3. The van der Waals surface area contributed by atoms with Crippen LogP contribution in [0, 0.1) is 11.3 Å². The van der Waals surface area contributed by atoms with E-state index in [9.17, 15) is 4.79 Å². The van der Waals surface area contributed by atoms with E-state index >= 15 is 0 Å². The van der Waals surface area contributed by atoms with Gasteiger partial charge in [-0.1, -0.05) is 24.3 Å². The third-order valence-electron chi connectivity index (χ3n) is 3.89. The quantitative estimate of drug-likeness (QED) is 0.336. The standard InChI is InChI=1S/C21H12N2O2S2/c22-11-14-1-3-15(4-2-14)16-5-7-18(8-6-16)25-21(24)19-13-27-20(23-19)17-9-10-26-12-17/h1-10,12-13H. The summed E-state index contributed by atoms with van der Waals surface area (Å²) >= 11 is 3.01. The van der Waals surface area contributed by atoms with Crippen molar-refractivity contribution in [1.29, 1.82) is 5.26 Å². The van der Waals surface area contributed by atoms with E-state index in [0.717, 1.165) is 21.7 Å². The average Bonchev–Trinajstić information content (AvgIpc) is 3.40. The molecule has 2 heterocycles. The van der Waals surface area contributed by atoms with E-state index in [-0.39, 0.29) is 0 Å². The van der Waals surface area contributed by atoms with Crippen molar-refractivity contribution in [3.8, 4) is 33.5 Å². The fourth-order valence-corrected chi connectivity index (χ4v) is 4.00. The monoisotopic (exact) mass is 388 g/mol. The lowest BCUT2D eigenvalue weighted by Gasteiger charge is -2.05. The number of nitrogens with zero attached hydrogens (tertiary/aromatic N) is 2. The summed E-state index contributed by atoms with van der Waals surface area (Å²) in [5.74, 6) is -0.0127. The third-order valence-corrected chi connectivity index (χ3v) is 5.47. The number of aromatic nitrogens is 1. The van der Waals surface area contributed by atoms with Crippen molar-refractivity contribution < 1.29 is 9.53 Å². The Morgan fingerprint density at radius 1 is 0.926 bits per heavy atom. The zero-order valence-electron chi connectivity index (χ0n) is 14.0. The zero-order valence-corrected chi connectivity index (χ0v) is 15.6. The summed E-state index contributed by atoms with van der Waals surface area (Å²) in [5.41, 5.74) is 3.90. The molecule has 0 spiro atoms. The van der Waals surface area contributed by atoms with Crippen LogP contribution in [0.25, 0.3) is 21.7 Å². The Balaban J connectivity index is 1.46. The van der Waals surface area contributed by atoms with Gasteiger partial charge < -0.3 is 4.74 Å². The van der Waals surface area contributed by atoms with E-state index < -0.39 is 5.97 Å². The van der Waals surface area contributed by atoms with Crippen LogP contribution in [0.5, 0.6) is 5.75 Å². The number of thiazole rings is 1. The highest BCUT2D eigenvalue weighted by molar-refractivity contribution is 7.14. The number of hydrogen-bond acceptors (Lipinski definition) is 6. The SMILES string of the molecule is N#Cc1ccc(-c2ccc(OC(=O)c3csc(-c4ccsc4)n3)cc2)cc1. The molecular formula is C21H12N2O2S2. The highest BCUT2D eigenvalue weighted by Gasteiger charge is 2.14. The largest absolute Gasteiger partial charge is 0.422 e. The second kappa shape index (κ2) is 7.54. The molecule has 0 unspecified atom stereocenters. The third kappa shape index (κ3) is 3.80. The number of benzene rings is 2. The molecule has 4 aromatic rings. The van der Waals surface area contributed by atoms with Gasteiger partial charge in [-0.15, -0.1) is 11.3 Å². The molecule has 0 aliphatic heterocycles. The molecule has 0 fully saturated rings. The van der Waals surface area contributed by atoms with Crippen molar-refractivity contribution in [2.75, 3.05) is 0 Å². The lowest BCUT2D eigenvalue weighted by Crippen LogP contribution is -2.08. The van der Waals surface area contributed by atoms with Crippen LogP contribution in [0.3, 0.4) is 0 Å². The molecule has 4 rings (SSSR count). The van der Waals surface area contributed by atoms with E-state index in [1.165, 1.54) is 11.3 Å². The molecule has 2 aromatic heterocycles. The van der Waals surface area contributed by atoms with E-state index in [0.29, 0.717) is 17.0 Å². The topological polar surface area (TPSA) is 63.0 Å². The van der Waals surface area contributed by atoms with Gasteiger partial charge in [0.15, 0.2) is 5.69 Å². The Morgan fingerprint density at radius 2 is 1.63 bits per heavy atom. The molecule has 0 amide bonds. The van der Waals surface area contributed by atoms with Crippen LogP contribution in [0.4, 0.5) is 0 Å². The maximum Gasteiger partial charge on any atom is 0.363 e. The van der Waals surface area contributed by atoms with Crippen molar-refractivity contribution in [3.63, 3.8) is 0 Å². The summed E-state index contributed by atoms with van der Waals surface area (Å²) in [4.78, 5) is 16.7. The first-order chi connectivity index (χ1) is 13.2. The predicted molar refractivity (Wildman–Crippen MR) is 107 cm³/mol. The van der Waals surface area contributed by atoms with Gasteiger partial charge in [0.05, 0.1) is 11.6 Å². The van der Waals surface area contributed by atoms with E-state index in [1.54, 1.807) is 41.0 Å². The molecule has 0 bridgehead atoms. The molecular weight excluding hydrogens is 376 g/mol. The summed E-state index contributed by atoms with van der Waals surface area (Å²) in [6, 6.07) is 18.7. The number of hydrogen-bond donors (Lipinski definition) is 0. The molecule has 6 heteroatoms. The van der Waals surface area contributed by atoms with Crippen LogP contribution in [-0.4, -0.2) is 11.0 Å². The number of esters is 1. The lowest BCUT2D eigenvalue weighted by molar-refractivity contribution is 0.0729. The van der Waals surface area contributed by atoms with E-state index in [2.05, 4.69) is 11.1 Å². The van der Waals surface area contributed by atoms with Gasteiger partial charge in [0.2, 0.25) is 0 Å². The molecule has 0 saturated carbocycles. The summed E-state index contributed by atoms with van der Waals surface area (Å²) < 4.78 is 5.42. The Hall–Kier alpha value is -3.27. The minimum Gasteiger partial charge on any atom is -0.422 e. The molecule has 0 saturated heterocycles. The first kappa shape index (κ1) is 17.2. The van der Waals surface area contributed by atoms with Gasteiger partial charge in [0.1, 0.15) is 10.8 Å². The van der Waals surface area contributed by atoms with Gasteiger partial charge in [0.25, 0.3) is 0 Å². The Morgan fingerprint density at radius 3 is 2.26 bits per heavy atom. The van der Waals surface area contributed by atoms with Gasteiger partial charge in [-0.3, -0.25) is 0 Å². The highest BCUT2D eigenvalue weighted by atomic mass is 32.1. The Kier molecular flexibility index (Phi) is 4.79. The molecule has 0 radical (unpaired) electrons. The van der Waals surface area contributed by atoms with E-state index in [1.807, 2.05) is 41.1 Å². The fraction of sp³-hybridized carbons (Fsp3) is 0. The maximum absolute atomic E-state index is 12.3. The molecule has 0 aliphatic carbocycles. The maximum atomic E-state index is 12.3. The molecule has 0 N–H and O–H groups in total. The molecule has 0 aliphatic rings. The highest BCUT2D eigenvalue weighted by Crippen LogP contribution is 2.27. The minimum absolute atomic E-state index is 0.303. The van der Waals surface area contributed by atoms with Crippen molar-refractivity contribution in [3.05, 3.63) is 82.0 Å². The lowest BCUT2D eigenvalue weighted by atomic mass is 10.0. The van der Waals surface area contributed by atoms with Crippen LogP contribution in [0.15, 0.2) is 70.7 Å². The number of nitriles is 1. The Labute approximate surface area is 164 Å².